The first-order valence-corrected chi connectivity index (χ1v) is 2.45. The number of nitro groups is 1. The molecule has 1 heterocycles. The van der Waals surface area contributed by atoms with Crippen molar-refractivity contribution in [2.45, 2.75) is 0 Å². The molecule has 5 nitrogen and oxygen atoms in total. The molecule has 1 aromatic heterocycles. The second-order valence-electron chi connectivity index (χ2n) is 1.58. The van der Waals surface area contributed by atoms with E-state index >= 15 is 0 Å². The summed E-state index contributed by atoms with van der Waals surface area (Å²) in [6, 6.07) is 3.18. The van der Waals surface area contributed by atoms with E-state index < -0.39 is 10.5 Å². The van der Waals surface area contributed by atoms with Gasteiger partial charge >= 0.3 is 0 Å². The fourth-order valence-electron chi connectivity index (χ4n) is 0.468. The SMILES string of the molecule is O=c1c[c-]c([N+](=O)[O-])c[nH]1.[Y]. The van der Waals surface area contributed by atoms with Crippen LogP contribution in [-0.2, 0) is 32.7 Å². The van der Waals surface area contributed by atoms with E-state index in [1.54, 1.807) is 0 Å². The smallest absolute Gasteiger partial charge is 0.178 e. The molecule has 0 unspecified atom stereocenters. The van der Waals surface area contributed by atoms with Crippen LogP contribution in [0.5, 0.6) is 0 Å². The summed E-state index contributed by atoms with van der Waals surface area (Å²) in [5.74, 6) is 0. The van der Waals surface area contributed by atoms with Crippen molar-refractivity contribution in [1.29, 1.82) is 0 Å². The Morgan fingerprint density at radius 3 is 2.64 bits per heavy atom. The van der Waals surface area contributed by atoms with Crippen molar-refractivity contribution < 1.29 is 37.6 Å². The molecule has 0 aliphatic heterocycles. The molecule has 6 heteroatoms. The van der Waals surface area contributed by atoms with Crippen LogP contribution in [0.2, 0.25) is 0 Å². The molecule has 11 heavy (non-hydrogen) atoms. The molecule has 0 aliphatic carbocycles. The Morgan fingerprint density at radius 2 is 2.27 bits per heavy atom. The number of hydrogen-bond acceptors (Lipinski definition) is 3. The Kier molecular flexibility index (Phi) is 4.14. The topological polar surface area (TPSA) is 76.0 Å². The van der Waals surface area contributed by atoms with Crippen molar-refractivity contribution in [3.8, 4) is 0 Å². The standard InChI is InChI=1S/C5H3N2O3.Y/c8-5-2-1-4(3-6-5)7(9)10;/h2-3H,(H,6,8);/q-1;. The van der Waals surface area contributed by atoms with E-state index in [1.165, 1.54) is 0 Å². The van der Waals surface area contributed by atoms with Crippen LogP contribution in [0.1, 0.15) is 0 Å². The number of aromatic amines is 1. The largest absolute Gasteiger partial charge is 0.429 e. The van der Waals surface area contributed by atoms with E-state index in [-0.39, 0.29) is 38.4 Å². The van der Waals surface area contributed by atoms with Crippen LogP contribution in [-0.4, -0.2) is 9.91 Å². The first-order valence-electron chi connectivity index (χ1n) is 2.45. The summed E-state index contributed by atoms with van der Waals surface area (Å²) in [5.41, 5.74) is -0.634. The van der Waals surface area contributed by atoms with Crippen LogP contribution >= 0.6 is 0 Å². The van der Waals surface area contributed by atoms with Gasteiger partial charge < -0.3 is 9.78 Å². The number of pyridine rings is 1. The van der Waals surface area contributed by atoms with Crippen molar-refractivity contribution in [2.75, 3.05) is 0 Å². The Hall–Kier alpha value is -0.546. The molecule has 0 fully saturated rings. The minimum absolute atomic E-state index is 0. The average molecular weight is 228 g/mol. The van der Waals surface area contributed by atoms with Crippen LogP contribution in [0.3, 0.4) is 0 Å². The molecule has 0 saturated carbocycles. The fourth-order valence-corrected chi connectivity index (χ4v) is 0.468. The third-order valence-electron chi connectivity index (χ3n) is 0.899. The second kappa shape index (κ2) is 4.36. The summed E-state index contributed by atoms with van der Waals surface area (Å²) >= 11 is 0. The molecule has 0 aliphatic rings. The molecular formula is C5H3N2O3Y-. The number of H-pyrrole nitrogens is 1. The van der Waals surface area contributed by atoms with E-state index in [0.29, 0.717) is 0 Å². The zero-order chi connectivity index (χ0) is 7.56. The van der Waals surface area contributed by atoms with E-state index in [0.717, 1.165) is 12.3 Å². The molecule has 0 spiro atoms. The van der Waals surface area contributed by atoms with Gasteiger partial charge in [-0.25, -0.2) is 0 Å². The van der Waals surface area contributed by atoms with Gasteiger partial charge in [0.1, 0.15) is 5.56 Å². The van der Waals surface area contributed by atoms with Gasteiger partial charge in [-0.05, 0) is 6.20 Å². The van der Waals surface area contributed by atoms with E-state index in [2.05, 4.69) is 11.1 Å². The predicted molar refractivity (Wildman–Crippen MR) is 32.6 cm³/mol. The number of hydrogen-bond donors (Lipinski definition) is 1. The maximum Gasteiger partial charge on any atom is 0.178 e. The number of rotatable bonds is 1. The van der Waals surface area contributed by atoms with Crippen LogP contribution in [0, 0.1) is 16.2 Å². The zero-order valence-corrected chi connectivity index (χ0v) is 8.24. The fraction of sp³-hybridized carbons (Fsp3) is 0. The summed E-state index contributed by atoms with van der Waals surface area (Å²) in [5, 5.41) is 9.96. The molecule has 0 bridgehead atoms. The van der Waals surface area contributed by atoms with Gasteiger partial charge in [-0.1, -0.05) is 6.07 Å². The van der Waals surface area contributed by atoms with Crippen molar-refractivity contribution in [2.24, 2.45) is 0 Å². The van der Waals surface area contributed by atoms with Gasteiger partial charge in [-0.15, -0.1) is 6.07 Å². The first kappa shape index (κ1) is 10.5. The Morgan fingerprint density at radius 1 is 1.64 bits per heavy atom. The van der Waals surface area contributed by atoms with Crippen LogP contribution < -0.4 is 5.56 Å². The number of nitrogens with one attached hydrogen (secondary N) is 1. The maximum absolute atomic E-state index is 10.3. The maximum atomic E-state index is 10.3. The van der Waals surface area contributed by atoms with Crippen molar-refractivity contribution in [3.63, 3.8) is 0 Å². The van der Waals surface area contributed by atoms with E-state index in [1.807, 2.05) is 0 Å². The van der Waals surface area contributed by atoms with Gasteiger partial charge in [0.25, 0.3) is 0 Å². The molecule has 0 saturated heterocycles. The summed E-state index contributed by atoms with van der Waals surface area (Å²) in [6.07, 6.45) is 1.00. The number of aromatic nitrogens is 1. The molecule has 55 valence electrons. The third kappa shape index (κ3) is 2.90. The molecule has 0 aromatic carbocycles. The van der Waals surface area contributed by atoms with Crippen LogP contribution in [0.4, 0.5) is 5.69 Å². The molecule has 1 aromatic rings. The van der Waals surface area contributed by atoms with E-state index in [4.69, 9.17) is 0 Å². The second-order valence-corrected chi connectivity index (χ2v) is 1.58. The Bertz CT molecular complexity index is 288. The molecular weight excluding hydrogens is 225 g/mol. The minimum atomic E-state index is -0.629. The predicted octanol–water partition coefficient (Wildman–Crippen LogP) is 0.0808. The van der Waals surface area contributed by atoms with Gasteiger partial charge in [-0.2, -0.15) is 0 Å². The van der Waals surface area contributed by atoms with Crippen LogP contribution in [0.25, 0.3) is 0 Å². The molecule has 0 atom stereocenters. The molecule has 1 radical (unpaired) electrons. The monoisotopic (exact) mass is 228 g/mol. The van der Waals surface area contributed by atoms with Gasteiger partial charge in [0.05, 0.1) is 0 Å². The number of nitrogens with zero attached hydrogens (tertiary/aromatic N) is 1. The van der Waals surface area contributed by atoms with Crippen molar-refractivity contribution in [3.05, 3.63) is 38.8 Å². The van der Waals surface area contributed by atoms with Gasteiger partial charge in [0, 0.05) is 37.6 Å². The average Bonchev–Trinajstić information content (AvgIpc) is 1.88. The van der Waals surface area contributed by atoms with Gasteiger partial charge in [0.2, 0.25) is 0 Å². The Balaban J connectivity index is 0.000001000. The first-order chi connectivity index (χ1) is 4.70. The molecule has 1 rings (SSSR count). The van der Waals surface area contributed by atoms with Gasteiger partial charge in [0.15, 0.2) is 5.69 Å². The van der Waals surface area contributed by atoms with Gasteiger partial charge in [-0.3, -0.25) is 10.1 Å². The van der Waals surface area contributed by atoms with Crippen LogP contribution in [0.15, 0.2) is 17.1 Å². The Labute approximate surface area is 86.8 Å². The minimum Gasteiger partial charge on any atom is -0.429 e. The quantitative estimate of drug-likeness (QED) is 0.420. The molecule has 1 N–H and O–H groups in total. The summed E-state index contributed by atoms with van der Waals surface area (Å²) in [4.78, 5) is 21.8. The summed E-state index contributed by atoms with van der Waals surface area (Å²) in [6.45, 7) is 0. The summed E-state index contributed by atoms with van der Waals surface area (Å²) < 4.78 is 0. The zero-order valence-electron chi connectivity index (χ0n) is 5.40. The third-order valence-corrected chi connectivity index (χ3v) is 0.899. The van der Waals surface area contributed by atoms with Crippen molar-refractivity contribution >= 4 is 5.69 Å². The van der Waals surface area contributed by atoms with E-state index in [9.17, 15) is 14.9 Å². The summed E-state index contributed by atoms with van der Waals surface area (Å²) in [7, 11) is 0. The normalized spacial score (nSPS) is 8.36. The van der Waals surface area contributed by atoms with Crippen molar-refractivity contribution in [1.82, 2.24) is 4.98 Å². The molecule has 0 amide bonds.